The van der Waals surface area contributed by atoms with E-state index >= 15 is 0 Å². The number of rotatable bonds is 4. The summed E-state index contributed by atoms with van der Waals surface area (Å²) in [6, 6.07) is 6.05. The van der Waals surface area contributed by atoms with E-state index in [0.29, 0.717) is 5.92 Å². The summed E-state index contributed by atoms with van der Waals surface area (Å²) in [4.78, 5) is 2.47. The Morgan fingerprint density at radius 1 is 1.35 bits per heavy atom. The summed E-state index contributed by atoms with van der Waals surface area (Å²) in [7, 11) is 0. The molecule has 94 valence electrons. The number of hydrogen-bond donors (Lipinski definition) is 1. The van der Waals surface area contributed by atoms with Crippen LogP contribution >= 0.6 is 0 Å². The maximum atomic E-state index is 5.79. The van der Waals surface area contributed by atoms with Gasteiger partial charge in [-0.3, -0.25) is 0 Å². The average Bonchev–Trinajstić information content (AvgIpc) is 2.35. The molecular formula is C14H22N2O. The normalized spacial score (nSPS) is 18.9. The first-order valence-corrected chi connectivity index (χ1v) is 6.49. The lowest BCUT2D eigenvalue weighted by atomic mass is 9.92. The first-order valence-electron chi connectivity index (χ1n) is 6.49. The summed E-state index contributed by atoms with van der Waals surface area (Å²) in [6.45, 7) is 8.57. The fourth-order valence-electron chi connectivity index (χ4n) is 2.46. The molecule has 1 aromatic carbocycles. The second-order valence-electron chi connectivity index (χ2n) is 4.62. The molecule has 0 bridgehead atoms. The lowest BCUT2D eigenvalue weighted by Crippen LogP contribution is -2.30. The monoisotopic (exact) mass is 234 g/mol. The van der Waals surface area contributed by atoms with Gasteiger partial charge in [-0.2, -0.15) is 0 Å². The smallest absolute Gasteiger partial charge is 0.124 e. The minimum Gasteiger partial charge on any atom is -0.493 e. The molecule has 17 heavy (non-hydrogen) atoms. The fourth-order valence-corrected chi connectivity index (χ4v) is 2.46. The molecular weight excluding hydrogens is 212 g/mol. The molecule has 1 aromatic rings. The van der Waals surface area contributed by atoms with Crippen LogP contribution in [0.25, 0.3) is 0 Å². The summed E-state index contributed by atoms with van der Waals surface area (Å²) in [5.74, 6) is 1.56. The van der Waals surface area contributed by atoms with Crippen LogP contribution < -0.4 is 10.5 Å². The first-order chi connectivity index (χ1) is 8.24. The first kappa shape index (κ1) is 12.2. The van der Waals surface area contributed by atoms with Crippen molar-refractivity contribution < 1.29 is 4.74 Å². The number of fused-ring (bicyclic) bond motifs is 1. The van der Waals surface area contributed by atoms with Crippen LogP contribution in [0.3, 0.4) is 0 Å². The van der Waals surface area contributed by atoms with Crippen molar-refractivity contribution in [1.82, 2.24) is 4.90 Å². The number of ether oxygens (including phenoxy) is 1. The summed E-state index contributed by atoms with van der Waals surface area (Å²) >= 11 is 0. The number of nitrogens with zero attached hydrogens (tertiary/aromatic N) is 1. The lowest BCUT2D eigenvalue weighted by Gasteiger charge is -2.30. The third kappa shape index (κ3) is 2.72. The summed E-state index contributed by atoms with van der Waals surface area (Å²) in [5, 5.41) is 0. The quantitative estimate of drug-likeness (QED) is 0.813. The SMILES string of the molecule is CCN(CC)CC1CCOc2cc(N)ccc21. The van der Waals surface area contributed by atoms with Gasteiger partial charge in [-0.1, -0.05) is 19.9 Å². The Morgan fingerprint density at radius 2 is 2.12 bits per heavy atom. The number of nitrogen functional groups attached to an aromatic ring is 1. The van der Waals surface area contributed by atoms with Gasteiger partial charge in [0.05, 0.1) is 6.61 Å². The van der Waals surface area contributed by atoms with Crippen molar-refractivity contribution in [3.63, 3.8) is 0 Å². The number of likely N-dealkylation sites (N-methyl/N-ethyl adjacent to an activating group) is 1. The van der Waals surface area contributed by atoms with Gasteiger partial charge in [0.25, 0.3) is 0 Å². The van der Waals surface area contributed by atoms with Crippen molar-refractivity contribution in [2.45, 2.75) is 26.2 Å². The Hall–Kier alpha value is -1.22. The average molecular weight is 234 g/mol. The van der Waals surface area contributed by atoms with E-state index in [1.54, 1.807) is 0 Å². The molecule has 0 aromatic heterocycles. The molecule has 0 amide bonds. The summed E-state index contributed by atoms with van der Waals surface area (Å²) in [5.41, 5.74) is 7.89. The second kappa shape index (κ2) is 5.41. The molecule has 1 atom stereocenters. The Labute approximate surface area is 104 Å². The van der Waals surface area contributed by atoms with E-state index in [1.165, 1.54) is 5.56 Å². The zero-order valence-corrected chi connectivity index (χ0v) is 10.8. The molecule has 3 heteroatoms. The zero-order chi connectivity index (χ0) is 12.3. The Morgan fingerprint density at radius 3 is 2.82 bits per heavy atom. The Kier molecular flexibility index (Phi) is 3.89. The third-order valence-electron chi connectivity index (χ3n) is 3.57. The highest BCUT2D eigenvalue weighted by atomic mass is 16.5. The van der Waals surface area contributed by atoms with Crippen LogP contribution in [0.5, 0.6) is 5.75 Å². The van der Waals surface area contributed by atoms with Crippen molar-refractivity contribution in [2.24, 2.45) is 0 Å². The maximum Gasteiger partial charge on any atom is 0.124 e. The minimum atomic E-state index is 0.583. The molecule has 0 radical (unpaired) electrons. The second-order valence-corrected chi connectivity index (χ2v) is 4.62. The van der Waals surface area contributed by atoms with Crippen LogP contribution in [-0.4, -0.2) is 31.1 Å². The predicted molar refractivity (Wildman–Crippen MR) is 71.5 cm³/mol. The maximum absolute atomic E-state index is 5.79. The van der Waals surface area contributed by atoms with E-state index in [1.807, 2.05) is 12.1 Å². The molecule has 0 spiro atoms. The zero-order valence-electron chi connectivity index (χ0n) is 10.8. The molecule has 1 aliphatic heterocycles. The van der Waals surface area contributed by atoms with Crippen LogP contribution in [-0.2, 0) is 0 Å². The van der Waals surface area contributed by atoms with E-state index in [4.69, 9.17) is 10.5 Å². The third-order valence-corrected chi connectivity index (χ3v) is 3.57. The Bertz CT molecular complexity index is 374. The number of benzene rings is 1. The summed E-state index contributed by atoms with van der Waals surface area (Å²) < 4.78 is 5.68. The van der Waals surface area contributed by atoms with Crippen molar-refractivity contribution in [3.05, 3.63) is 23.8 Å². The molecule has 2 rings (SSSR count). The highest BCUT2D eigenvalue weighted by Gasteiger charge is 2.22. The number of hydrogen-bond acceptors (Lipinski definition) is 3. The molecule has 2 N–H and O–H groups in total. The van der Waals surface area contributed by atoms with Gasteiger partial charge >= 0.3 is 0 Å². The van der Waals surface area contributed by atoms with Crippen LogP contribution in [0.1, 0.15) is 31.7 Å². The van der Waals surface area contributed by atoms with Gasteiger partial charge < -0.3 is 15.4 Å². The van der Waals surface area contributed by atoms with Crippen molar-refractivity contribution in [1.29, 1.82) is 0 Å². The van der Waals surface area contributed by atoms with Gasteiger partial charge in [0.15, 0.2) is 0 Å². The molecule has 0 saturated carbocycles. The molecule has 1 unspecified atom stereocenters. The summed E-state index contributed by atoms with van der Waals surface area (Å²) in [6.07, 6.45) is 1.10. The molecule has 0 aliphatic carbocycles. The molecule has 3 nitrogen and oxygen atoms in total. The standard InChI is InChI=1S/C14H22N2O/c1-3-16(4-2)10-11-7-8-17-14-9-12(15)5-6-13(11)14/h5-6,9,11H,3-4,7-8,10,15H2,1-2H3. The van der Waals surface area contributed by atoms with Gasteiger partial charge in [-0.05, 0) is 31.1 Å². The van der Waals surface area contributed by atoms with E-state index in [2.05, 4.69) is 24.8 Å². The van der Waals surface area contributed by atoms with E-state index in [9.17, 15) is 0 Å². The lowest BCUT2D eigenvalue weighted by molar-refractivity contribution is 0.222. The van der Waals surface area contributed by atoms with Gasteiger partial charge in [0, 0.05) is 24.2 Å². The van der Waals surface area contributed by atoms with E-state index < -0.39 is 0 Å². The highest BCUT2D eigenvalue weighted by molar-refractivity contribution is 5.50. The van der Waals surface area contributed by atoms with Crippen molar-refractivity contribution in [2.75, 3.05) is 32.0 Å². The van der Waals surface area contributed by atoms with Gasteiger partial charge in [0.2, 0.25) is 0 Å². The van der Waals surface area contributed by atoms with Crippen LogP contribution in [0.4, 0.5) is 5.69 Å². The fraction of sp³-hybridized carbons (Fsp3) is 0.571. The number of nitrogens with two attached hydrogens (primary N) is 1. The number of anilines is 1. The van der Waals surface area contributed by atoms with E-state index in [0.717, 1.165) is 44.1 Å². The molecule has 1 aliphatic rings. The van der Waals surface area contributed by atoms with Crippen molar-refractivity contribution >= 4 is 5.69 Å². The van der Waals surface area contributed by atoms with Crippen LogP contribution in [0.2, 0.25) is 0 Å². The molecule has 1 heterocycles. The van der Waals surface area contributed by atoms with Gasteiger partial charge in [-0.15, -0.1) is 0 Å². The van der Waals surface area contributed by atoms with Gasteiger partial charge in [0.1, 0.15) is 5.75 Å². The topological polar surface area (TPSA) is 38.5 Å². The Balaban J connectivity index is 2.16. The van der Waals surface area contributed by atoms with Crippen LogP contribution in [0, 0.1) is 0 Å². The largest absolute Gasteiger partial charge is 0.493 e. The van der Waals surface area contributed by atoms with Crippen LogP contribution in [0.15, 0.2) is 18.2 Å². The van der Waals surface area contributed by atoms with Gasteiger partial charge in [-0.25, -0.2) is 0 Å². The molecule has 0 fully saturated rings. The minimum absolute atomic E-state index is 0.583. The predicted octanol–water partition coefficient (Wildman–Crippen LogP) is 2.48. The van der Waals surface area contributed by atoms with Crippen molar-refractivity contribution in [3.8, 4) is 5.75 Å². The highest BCUT2D eigenvalue weighted by Crippen LogP contribution is 2.35. The van der Waals surface area contributed by atoms with E-state index in [-0.39, 0.29) is 0 Å². The molecule has 0 saturated heterocycles.